The molecule has 1 amide bonds. The Labute approximate surface area is 142 Å². The molecule has 0 radical (unpaired) electrons. The van der Waals surface area contributed by atoms with E-state index >= 15 is 0 Å². The lowest BCUT2D eigenvalue weighted by Crippen LogP contribution is -2.24. The van der Waals surface area contributed by atoms with Crippen LogP contribution in [0.4, 0.5) is 20.3 Å². The molecule has 0 aliphatic heterocycles. The van der Waals surface area contributed by atoms with Crippen LogP contribution in [0.15, 0.2) is 55.1 Å². The van der Waals surface area contributed by atoms with E-state index in [0.29, 0.717) is 18.1 Å². The first-order valence-corrected chi connectivity index (χ1v) is 7.33. The Kier molecular flexibility index (Phi) is 4.89. The Morgan fingerprint density at radius 1 is 1.00 bits per heavy atom. The Hall–Kier alpha value is -3.42. The van der Waals surface area contributed by atoms with Gasteiger partial charge < -0.3 is 10.6 Å². The van der Waals surface area contributed by atoms with Crippen molar-refractivity contribution in [3.8, 4) is 0 Å². The van der Waals surface area contributed by atoms with Crippen LogP contribution in [-0.4, -0.2) is 20.9 Å². The number of rotatable bonds is 5. The van der Waals surface area contributed by atoms with Crippen molar-refractivity contribution in [1.29, 1.82) is 0 Å². The fourth-order valence-corrected chi connectivity index (χ4v) is 2.01. The molecule has 0 aliphatic carbocycles. The molecular weight excluding hydrogens is 328 g/mol. The average molecular weight is 341 g/mol. The number of carbonyl (C=O) groups is 1. The van der Waals surface area contributed by atoms with Crippen molar-refractivity contribution in [3.05, 3.63) is 78.0 Å². The molecule has 25 heavy (non-hydrogen) atoms. The quantitative estimate of drug-likeness (QED) is 0.746. The minimum absolute atomic E-state index is 0.143. The number of carbonyl (C=O) groups excluding carboxylic acids is 1. The maximum Gasteiger partial charge on any atom is 0.271 e. The first-order chi connectivity index (χ1) is 12.1. The van der Waals surface area contributed by atoms with Crippen LogP contribution in [0.5, 0.6) is 0 Å². The van der Waals surface area contributed by atoms with Crippen LogP contribution in [0.3, 0.4) is 0 Å². The van der Waals surface area contributed by atoms with Gasteiger partial charge >= 0.3 is 0 Å². The van der Waals surface area contributed by atoms with E-state index in [1.54, 1.807) is 24.5 Å². The average Bonchev–Trinajstić information content (AvgIpc) is 2.64. The summed E-state index contributed by atoms with van der Waals surface area (Å²) in [5.41, 5.74) is 1.38. The number of pyridine rings is 1. The van der Waals surface area contributed by atoms with Crippen molar-refractivity contribution in [1.82, 2.24) is 20.3 Å². The van der Waals surface area contributed by atoms with Gasteiger partial charge in [-0.2, -0.15) is 0 Å². The molecule has 0 aliphatic rings. The van der Waals surface area contributed by atoms with Crippen LogP contribution < -0.4 is 10.6 Å². The van der Waals surface area contributed by atoms with Gasteiger partial charge in [-0.25, -0.2) is 18.7 Å². The Balaban J connectivity index is 1.61. The Bertz CT molecular complexity index is 872. The van der Waals surface area contributed by atoms with Gasteiger partial charge in [0.25, 0.3) is 5.91 Å². The molecule has 0 saturated heterocycles. The summed E-state index contributed by atoms with van der Waals surface area (Å²) in [6, 6.07) is 6.97. The molecule has 0 spiro atoms. The molecule has 2 N–H and O–H groups in total. The number of amides is 1. The number of anilines is 2. The molecule has 1 aromatic carbocycles. The highest BCUT2D eigenvalue weighted by atomic mass is 19.2. The number of halogens is 2. The third-order valence-electron chi connectivity index (χ3n) is 3.28. The lowest BCUT2D eigenvalue weighted by atomic mass is 10.2. The topological polar surface area (TPSA) is 79.8 Å². The zero-order valence-electron chi connectivity index (χ0n) is 12.9. The number of aromatic nitrogens is 3. The van der Waals surface area contributed by atoms with E-state index < -0.39 is 11.6 Å². The molecule has 0 saturated carbocycles. The lowest BCUT2D eigenvalue weighted by molar-refractivity contribution is 0.0945. The van der Waals surface area contributed by atoms with E-state index in [1.807, 2.05) is 0 Å². The molecule has 0 bridgehead atoms. The summed E-state index contributed by atoms with van der Waals surface area (Å²) in [4.78, 5) is 24.0. The van der Waals surface area contributed by atoms with E-state index in [9.17, 15) is 13.6 Å². The zero-order chi connectivity index (χ0) is 17.6. The molecule has 0 unspecified atom stereocenters. The Morgan fingerprint density at radius 3 is 2.48 bits per heavy atom. The smallest absolute Gasteiger partial charge is 0.271 e. The van der Waals surface area contributed by atoms with Crippen LogP contribution in [0.2, 0.25) is 0 Å². The second kappa shape index (κ2) is 7.43. The zero-order valence-corrected chi connectivity index (χ0v) is 12.9. The SMILES string of the molecule is O=C(NCc1ccncc1)c1cnc(Nc2ccc(F)c(F)c2)cn1. The van der Waals surface area contributed by atoms with Gasteiger partial charge in [0.05, 0.1) is 12.4 Å². The summed E-state index contributed by atoms with van der Waals surface area (Å²) in [5, 5.41) is 5.49. The minimum atomic E-state index is -0.968. The number of nitrogens with one attached hydrogen (secondary N) is 2. The molecule has 126 valence electrons. The largest absolute Gasteiger partial charge is 0.347 e. The number of nitrogens with zero attached hydrogens (tertiary/aromatic N) is 3. The number of hydrogen-bond acceptors (Lipinski definition) is 5. The fraction of sp³-hybridized carbons (Fsp3) is 0.0588. The maximum absolute atomic E-state index is 13.2. The van der Waals surface area contributed by atoms with Crippen molar-refractivity contribution >= 4 is 17.4 Å². The van der Waals surface area contributed by atoms with Gasteiger partial charge in [-0.15, -0.1) is 0 Å². The van der Waals surface area contributed by atoms with Crippen LogP contribution >= 0.6 is 0 Å². The summed E-state index contributed by atoms with van der Waals surface area (Å²) in [6.45, 7) is 0.345. The molecule has 6 nitrogen and oxygen atoms in total. The monoisotopic (exact) mass is 341 g/mol. The van der Waals surface area contributed by atoms with E-state index in [2.05, 4.69) is 25.6 Å². The predicted molar refractivity (Wildman–Crippen MR) is 87.1 cm³/mol. The number of benzene rings is 1. The van der Waals surface area contributed by atoms with Crippen LogP contribution in [-0.2, 0) is 6.54 Å². The third-order valence-corrected chi connectivity index (χ3v) is 3.28. The molecule has 8 heteroatoms. The summed E-state index contributed by atoms with van der Waals surface area (Å²) in [5.74, 6) is -1.97. The maximum atomic E-state index is 13.2. The van der Waals surface area contributed by atoms with Crippen LogP contribution in [0.1, 0.15) is 16.1 Å². The normalized spacial score (nSPS) is 10.3. The van der Waals surface area contributed by atoms with E-state index in [0.717, 1.165) is 17.7 Å². The Morgan fingerprint density at radius 2 is 1.80 bits per heavy atom. The third kappa shape index (κ3) is 4.31. The van der Waals surface area contributed by atoms with Gasteiger partial charge in [0.15, 0.2) is 11.6 Å². The molecular formula is C17H13F2N5O. The lowest BCUT2D eigenvalue weighted by Gasteiger charge is -2.07. The molecule has 3 rings (SSSR count). The minimum Gasteiger partial charge on any atom is -0.347 e. The molecule has 2 heterocycles. The van der Waals surface area contributed by atoms with Crippen LogP contribution in [0.25, 0.3) is 0 Å². The van der Waals surface area contributed by atoms with Gasteiger partial charge in [-0.05, 0) is 29.8 Å². The predicted octanol–water partition coefficient (Wildman–Crippen LogP) is 2.82. The molecule has 3 aromatic rings. The molecule has 0 atom stereocenters. The van der Waals surface area contributed by atoms with Gasteiger partial charge in [-0.3, -0.25) is 9.78 Å². The summed E-state index contributed by atoms with van der Waals surface area (Å²) >= 11 is 0. The van der Waals surface area contributed by atoms with Crippen molar-refractivity contribution < 1.29 is 13.6 Å². The van der Waals surface area contributed by atoms with Crippen LogP contribution in [0, 0.1) is 11.6 Å². The second-order valence-corrected chi connectivity index (χ2v) is 5.08. The highest BCUT2D eigenvalue weighted by Gasteiger charge is 2.08. The van der Waals surface area contributed by atoms with Crippen molar-refractivity contribution in [3.63, 3.8) is 0 Å². The standard InChI is InChI=1S/C17H13F2N5O/c18-13-2-1-12(7-14(13)19)24-16-10-21-15(9-22-16)17(25)23-8-11-3-5-20-6-4-11/h1-7,9-10H,8H2,(H,22,24)(H,23,25). The summed E-state index contributed by atoms with van der Waals surface area (Å²) in [7, 11) is 0. The summed E-state index contributed by atoms with van der Waals surface area (Å²) < 4.78 is 26.1. The molecule has 0 fully saturated rings. The first kappa shape index (κ1) is 16.4. The van der Waals surface area contributed by atoms with Crippen molar-refractivity contribution in [2.24, 2.45) is 0 Å². The van der Waals surface area contributed by atoms with E-state index in [-0.39, 0.29) is 11.6 Å². The van der Waals surface area contributed by atoms with Gasteiger partial charge in [-0.1, -0.05) is 0 Å². The van der Waals surface area contributed by atoms with Gasteiger partial charge in [0, 0.05) is 30.7 Å². The first-order valence-electron chi connectivity index (χ1n) is 7.33. The summed E-state index contributed by atoms with van der Waals surface area (Å²) in [6.07, 6.45) is 5.91. The highest BCUT2D eigenvalue weighted by molar-refractivity contribution is 5.92. The van der Waals surface area contributed by atoms with Gasteiger partial charge in [0.2, 0.25) is 0 Å². The van der Waals surface area contributed by atoms with Crippen molar-refractivity contribution in [2.75, 3.05) is 5.32 Å². The second-order valence-electron chi connectivity index (χ2n) is 5.08. The fourth-order valence-electron chi connectivity index (χ4n) is 2.01. The van der Waals surface area contributed by atoms with E-state index in [1.165, 1.54) is 18.5 Å². The van der Waals surface area contributed by atoms with Crippen molar-refractivity contribution in [2.45, 2.75) is 6.54 Å². The highest BCUT2D eigenvalue weighted by Crippen LogP contribution is 2.17. The molecule has 2 aromatic heterocycles. The number of hydrogen-bond donors (Lipinski definition) is 2. The van der Waals surface area contributed by atoms with Gasteiger partial charge in [0.1, 0.15) is 11.5 Å². The van der Waals surface area contributed by atoms with E-state index in [4.69, 9.17) is 0 Å².